The first-order valence-corrected chi connectivity index (χ1v) is 10.1. The van der Waals surface area contributed by atoms with Crippen LogP contribution >= 0.6 is 0 Å². The second-order valence-electron chi connectivity index (χ2n) is 8.56. The normalized spacial score (nSPS) is 21.2. The number of rotatable bonds is 3. The average Bonchev–Trinajstić information content (AvgIpc) is 2.69. The van der Waals surface area contributed by atoms with Gasteiger partial charge in [-0.2, -0.15) is 0 Å². The highest BCUT2D eigenvalue weighted by Gasteiger charge is 2.43. The molecular weight excluding hydrogens is 380 g/mol. The van der Waals surface area contributed by atoms with E-state index >= 15 is 0 Å². The van der Waals surface area contributed by atoms with Crippen LogP contribution in [0.5, 0.6) is 17.2 Å². The van der Waals surface area contributed by atoms with Crippen LogP contribution < -0.4 is 9.47 Å². The zero-order valence-electron chi connectivity index (χ0n) is 17.6. The molecule has 4 rings (SSSR count). The molecule has 2 aliphatic rings. The fourth-order valence-electron chi connectivity index (χ4n) is 3.83. The Hall–Kier alpha value is -3.05. The number of aliphatic hydroxyl groups excluding tert-OH is 1. The highest BCUT2D eigenvalue weighted by Crippen LogP contribution is 2.51. The molecule has 30 heavy (non-hydrogen) atoms. The Morgan fingerprint density at radius 3 is 2.53 bits per heavy atom. The molecule has 0 unspecified atom stereocenters. The summed E-state index contributed by atoms with van der Waals surface area (Å²) in [6, 6.07) is 9.11. The first-order chi connectivity index (χ1) is 14.2. The number of carbonyl (C=O) groups excluding carboxylic acids is 1. The molecule has 2 aromatic carbocycles. The highest BCUT2D eigenvalue weighted by atomic mass is 16.5. The van der Waals surface area contributed by atoms with Crippen molar-refractivity contribution in [2.75, 3.05) is 0 Å². The topological polar surface area (TPSA) is 76.0 Å². The number of ether oxygens (including phenoxy) is 2. The predicted molar refractivity (Wildman–Crippen MR) is 115 cm³/mol. The number of phenols is 1. The third-order valence-corrected chi connectivity index (χ3v) is 5.42. The molecule has 5 nitrogen and oxygen atoms in total. The van der Waals surface area contributed by atoms with E-state index in [-0.39, 0.29) is 17.1 Å². The Kier molecular flexibility index (Phi) is 4.94. The number of fused-ring (bicyclic) bond motifs is 3. The number of benzene rings is 2. The molecule has 2 aliphatic heterocycles. The lowest BCUT2D eigenvalue weighted by atomic mass is 9.87. The van der Waals surface area contributed by atoms with E-state index in [0.717, 1.165) is 5.57 Å². The van der Waals surface area contributed by atoms with E-state index in [1.165, 1.54) is 0 Å². The number of Topliss-reactive ketones (excluding diaryl/α,β-unsaturated/α-hetero) is 1. The lowest BCUT2D eigenvalue weighted by Gasteiger charge is -2.36. The van der Waals surface area contributed by atoms with Crippen LogP contribution in [0.3, 0.4) is 0 Å². The third kappa shape index (κ3) is 3.39. The number of phenolic OH excluding ortho intramolecular Hbond substituents is 1. The van der Waals surface area contributed by atoms with Crippen LogP contribution in [0, 0.1) is 0 Å². The number of aromatic hydroxyl groups is 1. The number of hydrogen-bond acceptors (Lipinski definition) is 5. The number of hydrogen-bond donors (Lipinski definition) is 2. The Bertz CT molecular complexity index is 1060. The van der Waals surface area contributed by atoms with Crippen LogP contribution in [0.4, 0.5) is 0 Å². The molecule has 2 N–H and O–H groups in total. The van der Waals surface area contributed by atoms with Crippen LogP contribution in [-0.4, -0.2) is 27.7 Å². The SMILES string of the molecule is CC(C)=CCc1c(O)c2c(c3c1OC(C)(C)C=C3)O[C@H](c1ccccc1)[C@@H](O)C2=O. The van der Waals surface area contributed by atoms with Gasteiger partial charge in [0.2, 0.25) is 5.78 Å². The molecule has 156 valence electrons. The van der Waals surface area contributed by atoms with E-state index in [9.17, 15) is 15.0 Å². The van der Waals surface area contributed by atoms with Crippen molar-refractivity contribution in [1.29, 1.82) is 0 Å². The molecule has 0 aliphatic carbocycles. The minimum atomic E-state index is -1.41. The molecule has 0 saturated heterocycles. The second-order valence-corrected chi connectivity index (χ2v) is 8.56. The molecule has 2 heterocycles. The van der Waals surface area contributed by atoms with Crippen LogP contribution in [0.2, 0.25) is 0 Å². The fraction of sp³-hybridized carbons (Fsp3) is 0.320. The van der Waals surface area contributed by atoms with Crippen molar-refractivity contribution in [2.24, 2.45) is 0 Å². The molecule has 0 amide bonds. The maximum absolute atomic E-state index is 13.2. The predicted octanol–water partition coefficient (Wildman–Crippen LogP) is 4.76. The van der Waals surface area contributed by atoms with E-state index < -0.39 is 23.6 Å². The van der Waals surface area contributed by atoms with Gasteiger partial charge in [-0.1, -0.05) is 42.0 Å². The van der Waals surface area contributed by atoms with Crippen molar-refractivity contribution in [3.05, 3.63) is 70.3 Å². The van der Waals surface area contributed by atoms with Crippen molar-refractivity contribution in [1.82, 2.24) is 0 Å². The Morgan fingerprint density at radius 1 is 1.17 bits per heavy atom. The Balaban J connectivity index is 1.93. The second kappa shape index (κ2) is 7.33. The zero-order chi connectivity index (χ0) is 21.6. The molecule has 0 saturated carbocycles. The minimum absolute atomic E-state index is 0.0125. The van der Waals surface area contributed by atoms with E-state index in [0.29, 0.717) is 28.9 Å². The fourth-order valence-corrected chi connectivity index (χ4v) is 3.83. The van der Waals surface area contributed by atoms with Crippen molar-refractivity contribution < 1.29 is 24.5 Å². The maximum atomic E-state index is 13.2. The van der Waals surface area contributed by atoms with Gasteiger partial charge in [-0.25, -0.2) is 0 Å². The van der Waals surface area contributed by atoms with Crippen molar-refractivity contribution in [2.45, 2.75) is 51.9 Å². The van der Waals surface area contributed by atoms with E-state index in [4.69, 9.17) is 9.47 Å². The number of carbonyl (C=O) groups is 1. The van der Waals surface area contributed by atoms with Gasteiger partial charge in [0.25, 0.3) is 0 Å². The molecular formula is C25H26O5. The van der Waals surface area contributed by atoms with E-state index in [1.54, 1.807) is 12.1 Å². The summed E-state index contributed by atoms with van der Waals surface area (Å²) in [5.41, 5.74) is 2.35. The van der Waals surface area contributed by atoms with Gasteiger partial charge in [0.15, 0.2) is 12.2 Å². The molecule has 0 spiro atoms. The number of ketones is 1. The molecule has 5 heteroatoms. The van der Waals surface area contributed by atoms with Crippen LogP contribution in [0.15, 0.2) is 48.1 Å². The highest BCUT2D eigenvalue weighted by molar-refractivity contribution is 6.07. The molecule has 2 aromatic rings. The van der Waals surface area contributed by atoms with Gasteiger partial charge in [0, 0.05) is 5.56 Å². The van der Waals surface area contributed by atoms with E-state index in [2.05, 4.69) is 0 Å². The standard InChI is InChI=1S/C25H26O5/c1-14(2)10-11-16-19(26)18-20(27)21(28)22(15-8-6-5-7-9-15)29-24(18)17-12-13-25(3,4)30-23(16)17/h5-10,12-13,21-22,26,28H,11H2,1-4H3/t21-,22+/m0/s1. The van der Waals surface area contributed by atoms with Gasteiger partial charge < -0.3 is 19.7 Å². The summed E-state index contributed by atoms with van der Waals surface area (Å²) in [4.78, 5) is 13.2. The first kappa shape index (κ1) is 20.2. The Labute approximate surface area is 176 Å². The smallest absolute Gasteiger partial charge is 0.202 e. The number of aliphatic hydroxyl groups is 1. The molecule has 0 fully saturated rings. The van der Waals surface area contributed by atoms with Gasteiger partial charge in [0.1, 0.15) is 28.4 Å². The summed E-state index contributed by atoms with van der Waals surface area (Å²) in [5.74, 6) is 0.0107. The lowest BCUT2D eigenvalue weighted by Crippen LogP contribution is -2.37. The summed E-state index contributed by atoms with van der Waals surface area (Å²) < 4.78 is 12.4. The quantitative estimate of drug-likeness (QED) is 0.719. The monoisotopic (exact) mass is 406 g/mol. The van der Waals surface area contributed by atoms with Gasteiger partial charge in [-0.15, -0.1) is 0 Å². The van der Waals surface area contributed by atoms with E-state index in [1.807, 2.05) is 64.1 Å². The summed E-state index contributed by atoms with van der Waals surface area (Å²) in [5, 5.41) is 21.8. The minimum Gasteiger partial charge on any atom is -0.507 e. The van der Waals surface area contributed by atoms with Gasteiger partial charge in [0.05, 0.1) is 5.56 Å². The van der Waals surface area contributed by atoms with Crippen molar-refractivity contribution >= 4 is 11.9 Å². The zero-order valence-corrected chi connectivity index (χ0v) is 17.6. The summed E-state index contributed by atoms with van der Waals surface area (Å²) >= 11 is 0. The maximum Gasteiger partial charge on any atom is 0.202 e. The van der Waals surface area contributed by atoms with Gasteiger partial charge in [-0.05, 0) is 51.8 Å². The summed E-state index contributed by atoms with van der Waals surface area (Å²) in [6.07, 6.45) is 3.86. The van der Waals surface area contributed by atoms with Gasteiger partial charge in [-0.3, -0.25) is 4.79 Å². The average molecular weight is 406 g/mol. The van der Waals surface area contributed by atoms with Crippen LogP contribution in [0.1, 0.15) is 60.8 Å². The molecule has 0 aromatic heterocycles. The first-order valence-electron chi connectivity index (χ1n) is 10.1. The molecule has 0 radical (unpaired) electrons. The molecule has 2 atom stereocenters. The van der Waals surface area contributed by atoms with Crippen LogP contribution in [0.25, 0.3) is 6.08 Å². The third-order valence-electron chi connectivity index (χ3n) is 5.42. The molecule has 0 bridgehead atoms. The lowest BCUT2D eigenvalue weighted by molar-refractivity contribution is 0.0206. The van der Waals surface area contributed by atoms with Crippen molar-refractivity contribution in [3.63, 3.8) is 0 Å². The van der Waals surface area contributed by atoms with Gasteiger partial charge >= 0.3 is 0 Å². The van der Waals surface area contributed by atoms with Crippen molar-refractivity contribution in [3.8, 4) is 17.2 Å². The summed E-state index contributed by atoms with van der Waals surface area (Å²) in [6.45, 7) is 7.79. The number of allylic oxidation sites excluding steroid dienone is 2. The largest absolute Gasteiger partial charge is 0.507 e. The Morgan fingerprint density at radius 2 is 1.87 bits per heavy atom. The summed E-state index contributed by atoms with van der Waals surface area (Å²) in [7, 11) is 0. The van der Waals surface area contributed by atoms with Crippen LogP contribution in [-0.2, 0) is 6.42 Å².